The Hall–Kier alpha value is -1.90. The average molecular weight is 262 g/mol. The van der Waals surface area contributed by atoms with Crippen LogP contribution < -0.4 is 4.74 Å². The fraction of sp³-hybridized carbons (Fsp3) is 0.250. The molecule has 0 aliphatic carbocycles. The van der Waals surface area contributed by atoms with Gasteiger partial charge in [-0.2, -0.15) is 0 Å². The highest BCUT2D eigenvalue weighted by atomic mass is 19.1. The van der Waals surface area contributed by atoms with Crippen LogP contribution in [0.1, 0.15) is 26.3 Å². The summed E-state index contributed by atoms with van der Waals surface area (Å²) in [6.07, 6.45) is 0. The standard InChI is InChI=1S/C16H16F2O/c1-16(2,3)12-9-8-11(10-14(12)18)19-15-7-5-4-6-13(15)17/h4-10H,1-3H3. The predicted molar refractivity (Wildman–Crippen MR) is 71.6 cm³/mol. The summed E-state index contributed by atoms with van der Waals surface area (Å²) < 4.78 is 32.7. The normalized spacial score (nSPS) is 11.4. The molecule has 0 aliphatic heterocycles. The fourth-order valence-corrected chi connectivity index (χ4v) is 1.82. The van der Waals surface area contributed by atoms with E-state index >= 15 is 0 Å². The van der Waals surface area contributed by atoms with Gasteiger partial charge in [-0.25, -0.2) is 8.78 Å². The molecule has 0 aromatic heterocycles. The first kappa shape index (κ1) is 13.5. The van der Waals surface area contributed by atoms with Crippen LogP contribution in [-0.2, 0) is 5.41 Å². The van der Waals surface area contributed by atoms with Gasteiger partial charge in [0.1, 0.15) is 11.6 Å². The van der Waals surface area contributed by atoms with Crippen LogP contribution in [0.4, 0.5) is 8.78 Å². The molecule has 0 unspecified atom stereocenters. The second kappa shape index (κ2) is 5.00. The summed E-state index contributed by atoms with van der Waals surface area (Å²) >= 11 is 0. The Balaban J connectivity index is 2.29. The van der Waals surface area contributed by atoms with Gasteiger partial charge in [-0.1, -0.05) is 39.0 Å². The van der Waals surface area contributed by atoms with Crippen LogP contribution in [0.5, 0.6) is 11.5 Å². The Morgan fingerprint density at radius 2 is 1.58 bits per heavy atom. The Kier molecular flexibility index (Phi) is 3.56. The van der Waals surface area contributed by atoms with Crippen LogP contribution >= 0.6 is 0 Å². The number of hydrogen-bond acceptors (Lipinski definition) is 1. The van der Waals surface area contributed by atoms with Crippen molar-refractivity contribution < 1.29 is 13.5 Å². The lowest BCUT2D eigenvalue weighted by molar-refractivity contribution is 0.435. The molecule has 2 rings (SSSR count). The van der Waals surface area contributed by atoms with Crippen molar-refractivity contribution in [3.8, 4) is 11.5 Å². The summed E-state index contributed by atoms with van der Waals surface area (Å²) in [6, 6.07) is 10.7. The SMILES string of the molecule is CC(C)(C)c1ccc(Oc2ccccc2F)cc1F. The molecule has 0 heterocycles. The quantitative estimate of drug-likeness (QED) is 0.735. The minimum Gasteiger partial charge on any atom is -0.454 e. The van der Waals surface area contributed by atoms with Gasteiger partial charge in [0.05, 0.1) is 0 Å². The van der Waals surface area contributed by atoms with E-state index in [0.29, 0.717) is 5.56 Å². The van der Waals surface area contributed by atoms with Crippen molar-refractivity contribution in [1.29, 1.82) is 0 Å². The van der Waals surface area contributed by atoms with Gasteiger partial charge in [0.25, 0.3) is 0 Å². The third-order valence-electron chi connectivity index (χ3n) is 2.81. The molecule has 1 nitrogen and oxygen atoms in total. The molecule has 0 bridgehead atoms. The zero-order valence-electron chi connectivity index (χ0n) is 11.2. The number of para-hydroxylation sites is 1. The fourth-order valence-electron chi connectivity index (χ4n) is 1.82. The van der Waals surface area contributed by atoms with Crippen LogP contribution in [0.3, 0.4) is 0 Å². The van der Waals surface area contributed by atoms with Gasteiger partial charge < -0.3 is 4.74 Å². The minimum atomic E-state index is -0.470. The van der Waals surface area contributed by atoms with E-state index in [9.17, 15) is 8.78 Å². The molecule has 3 heteroatoms. The molecule has 100 valence electrons. The summed E-state index contributed by atoms with van der Waals surface area (Å²) in [5.41, 5.74) is 0.328. The van der Waals surface area contributed by atoms with E-state index in [2.05, 4.69) is 0 Å². The van der Waals surface area contributed by atoms with Crippen molar-refractivity contribution in [3.63, 3.8) is 0 Å². The van der Waals surface area contributed by atoms with Gasteiger partial charge in [-0.15, -0.1) is 0 Å². The first-order valence-corrected chi connectivity index (χ1v) is 6.10. The highest BCUT2D eigenvalue weighted by molar-refractivity contribution is 5.36. The summed E-state index contributed by atoms with van der Waals surface area (Å²) in [5, 5.41) is 0. The Labute approximate surface area is 111 Å². The van der Waals surface area contributed by atoms with E-state index in [0.717, 1.165) is 0 Å². The molecular formula is C16H16F2O. The monoisotopic (exact) mass is 262 g/mol. The summed E-state index contributed by atoms with van der Waals surface area (Å²) in [4.78, 5) is 0. The second-order valence-electron chi connectivity index (χ2n) is 5.42. The molecule has 19 heavy (non-hydrogen) atoms. The van der Waals surface area contributed by atoms with E-state index < -0.39 is 5.82 Å². The second-order valence-corrected chi connectivity index (χ2v) is 5.42. The van der Waals surface area contributed by atoms with Gasteiger partial charge >= 0.3 is 0 Å². The molecule has 0 radical (unpaired) electrons. The first-order chi connectivity index (χ1) is 8.88. The Morgan fingerprint density at radius 1 is 0.895 bits per heavy atom. The molecule has 0 amide bonds. The smallest absolute Gasteiger partial charge is 0.165 e. The zero-order valence-corrected chi connectivity index (χ0v) is 11.2. The number of ether oxygens (including phenoxy) is 1. The van der Waals surface area contributed by atoms with E-state index in [1.165, 1.54) is 18.2 Å². The molecule has 0 saturated carbocycles. The van der Waals surface area contributed by atoms with Gasteiger partial charge in [0.2, 0.25) is 0 Å². The van der Waals surface area contributed by atoms with Crippen LogP contribution in [0, 0.1) is 11.6 Å². The van der Waals surface area contributed by atoms with E-state index in [1.54, 1.807) is 24.3 Å². The van der Waals surface area contributed by atoms with E-state index in [4.69, 9.17) is 4.74 Å². The van der Waals surface area contributed by atoms with Crippen LogP contribution in [0.2, 0.25) is 0 Å². The summed E-state index contributed by atoms with van der Waals surface area (Å²) in [6.45, 7) is 5.80. The summed E-state index contributed by atoms with van der Waals surface area (Å²) in [7, 11) is 0. The van der Waals surface area contributed by atoms with Crippen molar-refractivity contribution in [1.82, 2.24) is 0 Å². The molecule has 0 saturated heterocycles. The molecular weight excluding hydrogens is 246 g/mol. The van der Waals surface area contributed by atoms with Crippen molar-refractivity contribution in [2.24, 2.45) is 0 Å². The van der Waals surface area contributed by atoms with Gasteiger partial charge in [0, 0.05) is 6.07 Å². The molecule has 2 aromatic rings. The van der Waals surface area contributed by atoms with Crippen molar-refractivity contribution in [2.75, 3.05) is 0 Å². The molecule has 0 spiro atoms. The lowest BCUT2D eigenvalue weighted by Crippen LogP contribution is -2.13. The lowest BCUT2D eigenvalue weighted by Gasteiger charge is -2.20. The predicted octanol–water partition coefficient (Wildman–Crippen LogP) is 5.05. The average Bonchev–Trinajstić information content (AvgIpc) is 2.30. The Morgan fingerprint density at radius 3 is 2.16 bits per heavy atom. The lowest BCUT2D eigenvalue weighted by atomic mass is 9.87. The number of rotatable bonds is 2. The van der Waals surface area contributed by atoms with Crippen LogP contribution in [0.25, 0.3) is 0 Å². The van der Waals surface area contributed by atoms with E-state index in [1.807, 2.05) is 20.8 Å². The topological polar surface area (TPSA) is 9.23 Å². The maximum Gasteiger partial charge on any atom is 0.165 e. The minimum absolute atomic E-state index is 0.0883. The number of benzene rings is 2. The maximum atomic E-state index is 14.0. The van der Waals surface area contributed by atoms with Crippen molar-refractivity contribution >= 4 is 0 Å². The largest absolute Gasteiger partial charge is 0.454 e. The Bertz CT molecular complexity index is 586. The highest BCUT2D eigenvalue weighted by Crippen LogP contribution is 2.30. The third-order valence-corrected chi connectivity index (χ3v) is 2.81. The zero-order chi connectivity index (χ0) is 14.0. The summed E-state index contributed by atoms with van der Waals surface area (Å²) in [5.74, 6) is -0.440. The third kappa shape index (κ3) is 3.11. The van der Waals surface area contributed by atoms with Gasteiger partial charge in [-0.05, 0) is 29.2 Å². The molecule has 0 aliphatic rings. The van der Waals surface area contributed by atoms with E-state index in [-0.39, 0.29) is 22.7 Å². The highest BCUT2D eigenvalue weighted by Gasteiger charge is 2.18. The number of halogens is 2. The van der Waals surface area contributed by atoms with Gasteiger partial charge in [0.15, 0.2) is 11.6 Å². The van der Waals surface area contributed by atoms with Gasteiger partial charge in [-0.3, -0.25) is 0 Å². The van der Waals surface area contributed by atoms with Crippen LogP contribution in [-0.4, -0.2) is 0 Å². The number of hydrogen-bond donors (Lipinski definition) is 0. The molecule has 0 N–H and O–H groups in total. The molecule has 2 aromatic carbocycles. The van der Waals surface area contributed by atoms with Crippen LogP contribution in [0.15, 0.2) is 42.5 Å². The van der Waals surface area contributed by atoms with Crippen molar-refractivity contribution in [2.45, 2.75) is 26.2 Å². The van der Waals surface area contributed by atoms with Crippen molar-refractivity contribution in [3.05, 3.63) is 59.7 Å². The maximum absolute atomic E-state index is 14.0. The first-order valence-electron chi connectivity index (χ1n) is 6.10. The molecule has 0 fully saturated rings. The molecule has 0 atom stereocenters.